The second-order valence-corrected chi connectivity index (χ2v) is 4.02. The molecule has 14 heavy (non-hydrogen) atoms. The van der Waals surface area contributed by atoms with Crippen LogP contribution in [0.4, 0.5) is 0 Å². The summed E-state index contributed by atoms with van der Waals surface area (Å²) >= 11 is 0. The fraction of sp³-hybridized carbons (Fsp3) is 0.700. The third kappa shape index (κ3) is 1.81. The lowest BCUT2D eigenvalue weighted by molar-refractivity contribution is 0.242. The summed E-state index contributed by atoms with van der Waals surface area (Å²) < 4.78 is 1.94. The van der Waals surface area contributed by atoms with Crippen molar-refractivity contribution in [2.24, 2.45) is 11.7 Å². The van der Waals surface area contributed by atoms with Crippen molar-refractivity contribution in [1.29, 1.82) is 0 Å². The number of hydrogen-bond donors (Lipinski definition) is 2. The maximum atomic E-state index is 8.97. The van der Waals surface area contributed by atoms with Crippen molar-refractivity contribution in [3.05, 3.63) is 18.0 Å². The number of nitrogens with zero attached hydrogens (tertiary/aromatic N) is 2. The smallest absolute Gasteiger partial charge is 0.0701 e. The molecule has 2 rings (SSSR count). The Morgan fingerprint density at radius 3 is 3.00 bits per heavy atom. The number of aromatic nitrogens is 2. The maximum absolute atomic E-state index is 8.97. The largest absolute Gasteiger partial charge is 0.394 e. The lowest BCUT2D eigenvalue weighted by atomic mass is 9.85. The van der Waals surface area contributed by atoms with Crippen LogP contribution in [-0.4, -0.2) is 21.5 Å². The molecule has 0 spiro atoms. The van der Waals surface area contributed by atoms with Gasteiger partial charge in [0.1, 0.15) is 0 Å². The molecule has 3 N–H and O–H groups in total. The number of nitrogens with two attached hydrogens (primary N) is 1. The van der Waals surface area contributed by atoms with E-state index in [2.05, 4.69) is 5.10 Å². The quantitative estimate of drug-likeness (QED) is 0.742. The van der Waals surface area contributed by atoms with Gasteiger partial charge in [-0.3, -0.25) is 4.68 Å². The first-order valence-corrected chi connectivity index (χ1v) is 5.19. The summed E-state index contributed by atoms with van der Waals surface area (Å²) in [6.45, 7) is 0.937. The predicted molar refractivity (Wildman–Crippen MR) is 53.6 cm³/mol. The van der Waals surface area contributed by atoms with E-state index in [1.807, 2.05) is 10.7 Å². The van der Waals surface area contributed by atoms with Crippen molar-refractivity contribution >= 4 is 0 Å². The van der Waals surface area contributed by atoms with Gasteiger partial charge < -0.3 is 10.8 Å². The Morgan fingerprint density at radius 2 is 2.43 bits per heavy atom. The highest BCUT2D eigenvalue weighted by atomic mass is 16.3. The summed E-state index contributed by atoms with van der Waals surface area (Å²) in [6.07, 6.45) is 5.69. The normalized spacial score (nSPS) is 19.3. The van der Waals surface area contributed by atoms with Crippen LogP contribution in [0.3, 0.4) is 0 Å². The first-order valence-electron chi connectivity index (χ1n) is 5.19. The summed E-state index contributed by atoms with van der Waals surface area (Å²) in [4.78, 5) is 0. The average molecular weight is 195 g/mol. The summed E-state index contributed by atoms with van der Waals surface area (Å²) in [6, 6.07) is 1.59. The average Bonchev–Trinajstić information content (AvgIpc) is 2.58. The summed E-state index contributed by atoms with van der Waals surface area (Å²) in [5.41, 5.74) is 6.71. The molecule has 0 aliphatic heterocycles. The predicted octanol–water partition coefficient (Wildman–Crippen LogP) is 0.675. The van der Waals surface area contributed by atoms with Gasteiger partial charge in [0.2, 0.25) is 0 Å². The molecule has 0 bridgehead atoms. The summed E-state index contributed by atoms with van der Waals surface area (Å²) in [7, 11) is 0. The van der Waals surface area contributed by atoms with Crippen LogP contribution in [0.1, 0.15) is 31.0 Å². The molecule has 1 aliphatic rings. The van der Waals surface area contributed by atoms with Crippen LogP contribution in [0, 0.1) is 5.92 Å². The molecule has 1 aromatic heterocycles. The number of aliphatic hydroxyl groups excluding tert-OH is 1. The second-order valence-electron chi connectivity index (χ2n) is 4.02. The third-order valence-electron chi connectivity index (χ3n) is 2.98. The van der Waals surface area contributed by atoms with Gasteiger partial charge in [-0.25, -0.2) is 0 Å². The molecule has 0 amide bonds. The minimum absolute atomic E-state index is 0.0175. The molecular formula is C10H17N3O. The topological polar surface area (TPSA) is 64.1 Å². The van der Waals surface area contributed by atoms with Gasteiger partial charge in [0.15, 0.2) is 0 Å². The zero-order chi connectivity index (χ0) is 9.97. The SMILES string of the molecule is NC(CO)c1ccnn1CC1CCC1. The van der Waals surface area contributed by atoms with Crippen molar-refractivity contribution in [3.8, 4) is 0 Å². The fourth-order valence-corrected chi connectivity index (χ4v) is 1.82. The van der Waals surface area contributed by atoms with Crippen LogP contribution in [0.25, 0.3) is 0 Å². The van der Waals surface area contributed by atoms with E-state index in [1.54, 1.807) is 6.20 Å². The Kier molecular flexibility index (Phi) is 2.84. The van der Waals surface area contributed by atoms with Crippen LogP contribution >= 0.6 is 0 Å². The molecule has 1 heterocycles. The molecular weight excluding hydrogens is 178 g/mol. The van der Waals surface area contributed by atoms with Crippen molar-refractivity contribution in [3.63, 3.8) is 0 Å². The number of hydrogen-bond acceptors (Lipinski definition) is 3. The monoisotopic (exact) mass is 195 g/mol. The summed E-state index contributed by atoms with van der Waals surface area (Å²) in [5.74, 6) is 0.763. The molecule has 1 aromatic rings. The van der Waals surface area contributed by atoms with E-state index >= 15 is 0 Å². The molecule has 1 aliphatic carbocycles. The molecule has 4 heteroatoms. The van der Waals surface area contributed by atoms with Gasteiger partial charge in [0.25, 0.3) is 0 Å². The van der Waals surface area contributed by atoms with Gasteiger partial charge in [0, 0.05) is 12.7 Å². The van der Waals surface area contributed by atoms with Crippen molar-refractivity contribution in [2.75, 3.05) is 6.61 Å². The van der Waals surface area contributed by atoms with Crippen molar-refractivity contribution < 1.29 is 5.11 Å². The molecule has 0 saturated heterocycles. The number of aliphatic hydroxyl groups is 1. The molecule has 4 nitrogen and oxygen atoms in total. The van der Waals surface area contributed by atoms with Crippen LogP contribution in [0.2, 0.25) is 0 Å². The molecule has 1 fully saturated rings. The zero-order valence-electron chi connectivity index (χ0n) is 8.26. The van der Waals surface area contributed by atoms with Gasteiger partial charge in [-0.2, -0.15) is 5.10 Å². The van der Waals surface area contributed by atoms with Crippen LogP contribution in [0.5, 0.6) is 0 Å². The minimum Gasteiger partial charge on any atom is -0.394 e. The first kappa shape index (κ1) is 9.68. The van der Waals surface area contributed by atoms with E-state index < -0.39 is 0 Å². The Labute approximate surface area is 83.7 Å². The molecule has 1 atom stereocenters. The van der Waals surface area contributed by atoms with Gasteiger partial charge in [-0.05, 0) is 24.8 Å². The Balaban J connectivity index is 2.04. The first-order chi connectivity index (χ1) is 6.81. The second kappa shape index (κ2) is 4.11. The van der Waals surface area contributed by atoms with Crippen LogP contribution < -0.4 is 5.73 Å². The minimum atomic E-state index is -0.294. The molecule has 1 saturated carbocycles. The van der Waals surface area contributed by atoms with Gasteiger partial charge >= 0.3 is 0 Å². The van der Waals surface area contributed by atoms with E-state index in [1.165, 1.54) is 19.3 Å². The lowest BCUT2D eigenvalue weighted by Gasteiger charge is -2.26. The standard InChI is InChI=1S/C10H17N3O/c11-9(7-14)10-4-5-12-13(10)6-8-2-1-3-8/h4-5,8-9,14H,1-3,6-7,11H2. The van der Waals surface area contributed by atoms with Gasteiger partial charge in [-0.15, -0.1) is 0 Å². The lowest BCUT2D eigenvalue weighted by Crippen LogP contribution is -2.24. The maximum Gasteiger partial charge on any atom is 0.0701 e. The van der Waals surface area contributed by atoms with E-state index in [-0.39, 0.29) is 12.6 Å². The van der Waals surface area contributed by atoms with Crippen LogP contribution in [0.15, 0.2) is 12.3 Å². The molecule has 78 valence electrons. The zero-order valence-corrected chi connectivity index (χ0v) is 8.26. The van der Waals surface area contributed by atoms with Crippen molar-refractivity contribution in [1.82, 2.24) is 9.78 Å². The Morgan fingerprint density at radius 1 is 1.64 bits per heavy atom. The molecule has 1 unspecified atom stereocenters. The molecule has 0 radical (unpaired) electrons. The van der Waals surface area contributed by atoms with Gasteiger partial charge in [-0.1, -0.05) is 6.42 Å². The molecule has 0 aromatic carbocycles. The van der Waals surface area contributed by atoms with E-state index in [9.17, 15) is 0 Å². The highest BCUT2D eigenvalue weighted by Crippen LogP contribution is 2.28. The van der Waals surface area contributed by atoms with Gasteiger partial charge in [0.05, 0.1) is 18.3 Å². The fourth-order valence-electron chi connectivity index (χ4n) is 1.82. The van der Waals surface area contributed by atoms with E-state index in [0.717, 1.165) is 18.2 Å². The van der Waals surface area contributed by atoms with E-state index in [0.29, 0.717) is 0 Å². The van der Waals surface area contributed by atoms with E-state index in [4.69, 9.17) is 10.8 Å². The highest BCUT2D eigenvalue weighted by Gasteiger charge is 2.20. The van der Waals surface area contributed by atoms with Crippen molar-refractivity contribution in [2.45, 2.75) is 31.8 Å². The summed E-state index contributed by atoms with van der Waals surface area (Å²) in [5, 5.41) is 13.2. The Bertz CT molecular complexity index is 293. The Hall–Kier alpha value is -0.870. The number of rotatable bonds is 4. The highest BCUT2D eigenvalue weighted by molar-refractivity contribution is 5.06. The van der Waals surface area contributed by atoms with Crippen LogP contribution in [-0.2, 0) is 6.54 Å². The third-order valence-corrected chi connectivity index (χ3v) is 2.98.